The number of alkyl halides is 3. The molecule has 0 spiro atoms. The molecule has 3 nitrogen and oxygen atoms in total. The highest BCUT2D eigenvalue weighted by molar-refractivity contribution is 9.10. The highest BCUT2D eigenvalue weighted by Gasteiger charge is 2.31. The van der Waals surface area contributed by atoms with Crippen LogP contribution in [0.4, 0.5) is 18.9 Å². The van der Waals surface area contributed by atoms with E-state index in [1.54, 1.807) is 0 Å². The van der Waals surface area contributed by atoms with Crippen molar-refractivity contribution in [2.75, 3.05) is 18.4 Å². The Morgan fingerprint density at radius 2 is 2.00 bits per heavy atom. The molecule has 18 heavy (non-hydrogen) atoms. The molecule has 7 heteroatoms. The number of nitrogens with one attached hydrogen (secondary N) is 2. The molecule has 100 valence electrons. The van der Waals surface area contributed by atoms with E-state index in [1.807, 2.05) is 6.92 Å². The zero-order chi connectivity index (χ0) is 13.8. The fourth-order valence-corrected chi connectivity index (χ4v) is 1.76. The summed E-state index contributed by atoms with van der Waals surface area (Å²) in [5.41, 5.74) is -0.699. The number of likely N-dealkylation sites (N-methyl/N-ethyl adjacent to an activating group) is 1. The number of halogens is 4. The van der Waals surface area contributed by atoms with E-state index in [1.165, 1.54) is 6.07 Å². The van der Waals surface area contributed by atoms with Gasteiger partial charge in [0, 0.05) is 10.2 Å². The monoisotopic (exact) mass is 324 g/mol. The molecule has 0 aliphatic carbocycles. The van der Waals surface area contributed by atoms with Gasteiger partial charge in [0.15, 0.2) is 0 Å². The minimum absolute atomic E-state index is 0.0599. The van der Waals surface area contributed by atoms with Crippen LogP contribution < -0.4 is 10.6 Å². The number of hydrogen-bond donors (Lipinski definition) is 2. The third kappa shape index (κ3) is 4.66. The maximum absolute atomic E-state index is 12.5. The lowest BCUT2D eigenvalue weighted by atomic mass is 10.2. The Balaban J connectivity index is 2.84. The number of hydrogen-bond acceptors (Lipinski definition) is 2. The second-order valence-electron chi connectivity index (χ2n) is 3.55. The van der Waals surface area contributed by atoms with Crippen molar-refractivity contribution in [3.63, 3.8) is 0 Å². The molecule has 1 amide bonds. The maximum atomic E-state index is 12.5. The van der Waals surface area contributed by atoms with Gasteiger partial charge in [0.25, 0.3) is 0 Å². The summed E-state index contributed by atoms with van der Waals surface area (Å²) in [5, 5.41) is 5.18. The highest BCUT2D eigenvalue weighted by Crippen LogP contribution is 2.33. The maximum Gasteiger partial charge on any atom is 0.416 e. The second-order valence-corrected chi connectivity index (χ2v) is 4.47. The number of carbonyl (C=O) groups is 1. The SMILES string of the molecule is CCNCC(=O)Nc1cc(Br)cc(C(F)(F)F)c1. The summed E-state index contributed by atoms with van der Waals surface area (Å²) in [5.74, 6) is -0.386. The quantitative estimate of drug-likeness (QED) is 0.893. The lowest BCUT2D eigenvalue weighted by Crippen LogP contribution is -2.27. The van der Waals surface area contributed by atoms with Gasteiger partial charge in [0.1, 0.15) is 0 Å². The lowest BCUT2D eigenvalue weighted by Gasteiger charge is -2.11. The molecule has 0 saturated heterocycles. The summed E-state index contributed by atoms with van der Waals surface area (Å²) < 4.78 is 37.9. The lowest BCUT2D eigenvalue weighted by molar-refractivity contribution is -0.137. The van der Waals surface area contributed by atoms with Crippen LogP contribution in [0.5, 0.6) is 0 Å². The van der Waals surface area contributed by atoms with Crippen LogP contribution in [0.25, 0.3) is 0 Å². The molecule has 0 atom stereocenters. The summed E-state index contributed by atoms with van der Waals surface area (Å²) >= 11 is 2.98. The van der Waals surface area contributed by atoms with Crippen molar-refractivity contribution >= 4 is 27.5 Å². The molecule has 1 aromatic carbocycles. The summed E-state index contributed by atoms with van der Waals surface area (Å²) in [4.78, 5) is 11.4. The van der Waals surface area contributed by atoms with Crippen LogP contribution >= 0.6 is 15.9 Å². The van der Waals surface area contributed by atoms with Gasteiger partial charge in [-0.25, -0.2) is 0 Å². The first kappa shape index (κ1) is 15.0. The van der Waals surface area contributed by atoms with Crippen LogP contribution in [0.3, 0.4) is 0 Å². The Labute approximate surface area is 111 Å². The van der Waals surface area contributed by atoms with Gasteiger partial charge in [-0.05, 0) is 24.7 Å². The van der Waals surface area contributed by atoms with E-state index in [9.17, 15) is 18.0 Å². The van der Waals surface area contributed by atoms with Gasteiger partial charge in [0.05, 0.1) is 12.1 Å². The normalized spacial score (nSPS) is 11.4. The molecular formula is C11H12BrF3N2O. The standard InChI is InChI=1S/C11H12BrF3N2O/c1-2-16-6-10(18)17-9-4-7(11(13,14)15)3-8(12)5-9/h3-5,16H,2,6H2,1H3,(H,17,18). The zero-order valence-electron chi connectivity index (χ0n) is 9.57. The third-order valence-electron chi connectivity index (χ3n) is 2.04. The van der Waals surface area contributed by atoms with Crippen molar-refractivity contribution in [2.45, 2.75) is 13.1 Å². The summed E-state index contributed by atoms with van der Waals surface area (Å²) in [6.07, 6.45) is -4.44. The molecule has 1 rings (SSSR count). The van der Waals surface area contributed by atoms with Crippen molar-refractivity contribution in [3.8, 4) is 0 Å². The summed E-state index contributed by atoms with van der Waals surface area (Å²) in [6.45, 7) is 2.50. The Kier molecular flexibility index (Phi) is 5.15. The third-order valence-corrected chi connectivity index (χ3v) is 2.50. The van der Waals surface area contributed by atoms with Crippen LogP contribution in [-0.2, 0) is 11.0 Å². The highest BCUT2D eigenvalue weighted by atomic mass is 79.9. The molecular weight excluding hydrogens is 313 g/mol. The number of carbonyl (C=O) groups excluding carboxylic acids is 1. The van der Waals surface area contributed by atoms with Crippen LogP contribution in [0, 0.1) is 0 Å². The average molecular weight is 325 g/mol. The number of rotatable bonds is 4. The molecule has 0 saturated carbocycles. The molecule has 0 aliphatic heterocycles. The van der Waals surface area contributed by atoms with Crippen molar-refractivity contribution in [2.24, 2.45) is 0 Å². The predicted octanol–water partition coefficient (Wildman–Crippen LogP) is 3.02. The van der Waals surface area contributed by atoms with Crippen molar-refractivity contribution in [3.05, 3.63) is 28.2 Å². The Morgan fingerprint density at radius 3 is 2.56 bits per heavy atom. The van der Waals surface area contributed by atoms with Gasteiger partial charge >= 0.3 is 6.18 Å². The van der Waals surface area contributed by atoms with E-state index < -0.39 is 11.7 Å². The van der Waals surface area contributed by atoms with E-state index in [2.05, 4.69) is 26.6 Å². The summed E-state index contributed by atoms with van der Waals surface area (Å²) in [6, 6.07) is 3.27. The predicted molar refractivity (Wildman–Crippen MR) is 66.3 cm³/mol. The first-order valence-electron chi connectivity index (χ1n) is 5.21. The van der Waals surface area contributed by atoms with E-state index in [0.29, 0.717) is 6.54 Å². The van der Waals surface area contributed by atoms with Crippen LogP contribution in [-0.4, -0.2) is 19.0 Å². The van der Waals surface area contributed by atoms with E-state index in [0.717, 1.165) is 12.1 Å². The average Bonchev–Trinajstić information content (AvgIpc) is 2.24. The number of anilines is 1. The molecule has 2 N–H and O–H groups in total. The molecule has 0 aliphatic rings. The Morgan fingerprint density at radius 1 is 1.33 bits per heavy atom. The van der Waals surface area contributed by atoms with E-state index >= 15 is 0 Å². The van der Waals surface area contributed by atoms with Gasteiger partial charge in [0.2, 0.25) is 5.91 Å². The van der Waals surface area contributed by atoms with Crippen LogP contribution in [0.15, 0.2) is 22.7 Å². The second kappa shape index (κ2) is 6.19. The fourth-order valence-electron chi connectivity index (χ4n) is 1.27. The van der Waals surface area contributed by atoms with Gasteiger partial charge in [-0.15, -0.1) is 0 Å². The van der Waals surface area contributed by atoms with Gasteiger partial charge in [-0.3, -0.25) is 4.79 Å². The number of amides is 1. The van der Waals surface area contributed by atoms with Crippen molar-refractivity contribution in [1.29, 1.82) is 0 Å². The van der Waals surface area contributed by atoms with Crippen LogP contribution in [0.2, 0.25) is 0 Å². The molecule has 1 aromatic rings. The van der Waals surface area contributed by atoms with Gasteiger partial charge < -0.3 is 10.6 Å². The molecule has 0 radical (unpaired) electrons. The smallest absolute Gasteiger partial charge is 0.325 e. The van der Waals surface area contributed by atoms with Crippen LogP contribution in [0.1, 0.15) is 12.5 Å². The first-order valence-corrected chi connectivity index (χ1v) is 6.00. The fraction of sp³-hybridized carbons (Fsp3) is 0.364. The first-order chi connectivity index (χ1) is 8.32. The van der Waals surface area contributed by atoms with Crippen molar-refractivity contribution in [1.82, 2.24) is 5.32 Å². The van der Waals surface area contributed by atoms with E-state index in [4.69, 9.17) is 0 Å². The Bertz CT molecular complexity index is 435. The summed E-state index contributed by atoms with van der Waals surface area (Å²) in [7, 11) is 0. The van der Waals surface area contributed by atoms with Gasteiger partial charge in [-0.2, -0.15) is 13.2 Å². The Hall–Kier alpha value is -1.08. The largest absolute Gasteiger partial charge is 0.416 e. The minimum Gasteiger partial charge on any atom is -0.325 e. The molecule has 0 aromatic heterocycles. The van der Waals surface area contributed by atoms with Gasteiger partial charge in [-0.1, -0.05) is 22.9 Å². The molecule has 0 heterocycles. The minimum atomic E-state index is -4.44. The van der Waals surface area contributed by atoms with Crippen molar-refractivity contribution < 1.29 is 18.0 Å². The molecule has 0 fully saturated rings. The molecule has 0 bridgehead atoms. The van der Waals surface area contributed by atoms with E-state index in [-0.39, 0.29) is 22.6 Å². The topological polar surface area (TPSA) is 41.1 Å². The molecule has 0 unspecified atom stereocenters. The zero-order valence-corrected chi connectivity index (χ0v) is 11.2. The number of benzene rings is 1.